The average Bonchev–Trinajstić information content (AvgIpc) is 3.17. The summed E-state index contributed by atoms with van der Waals surface area (Å²) in [5.41, 5.74) is 0. The fraction of sp³-hybridized carbons (Fsp3) is 0.941. The Morgan fingerprint density at radius 2 is 2.00 bits per heavy atom. The standard InChI is InChI=1S/C17H33N5.HI/c1-4-18-17(19-10-15-6-5-9-21(15)3)20-16-12-22(11-13(16)2)14-7-8-14;/h13-16H,4-12H2,1-3H3,(H2,18,19,20);1H. The predicted molar refractivity (Wildman–Crippen MR) is 108 cm³/mol. The van der Waals surface area contributed by atoms with Crippen molar-refractivity contribution in [2.24, 2.45) is 10.9 Å². The highest BCUT2D eigenvalue weighted by Gasteiger charge is 2.38. The first-order chi connectivity index (χ1) is 10.7. The maximum atomic E-state index is 4.86. The van der Waals surface area contributed by atoms with E-state index in [-0.39, 0.29) is 24.0 Å². The van der Waals surface area contributed by atoms with Crippen molar-refractivity contribution in [3.63, 3.8) is 0 Å². The van der Waals surface area contributed by atoms with Gasteiger partial charge in [-0.15, -0.1) is 24.0 Å². The van der Waals surface area contributed by atoms with Gasteiger partial charge in [0.1, 0.15) is 0 Å². The van der Waals surface area contributed by atoms with Gasteiger partial charge in [-0.2, -0.15) is 0 Å². The molecular weight excluding hydrogens is 401 g/mol. The molecule has 0 bridgehead atoms. The van der Waals surface area contributed by atoms with Crippen LogP contribution >= 0.6 is 24.0 Å². The van der Waals surface area contributed by atoms with Crippen molar-refractivity contribution in [1.29, 1.82) is 0 Å². The summed E-state index contributed by atoms with van der Waals surface area (Å²) in [7, 11) is 2.22. The molecule has 3 fully saturated rings. The van der Waals surface area contributed by atoms with Crippen LogP contribution in [-0.2, 0) is 0 Å². The summed E-state index contributed by atoms with van der Waals surface area (Å²) in [4.78, 5) is 9.97. The van der Waals surface area contributed by atoms with Crippen LogP contribution in [0.1, 0.15) is 39.5 Å². The lowest BCUT2D eigenvalue weighted by Crippen LogP contribution is -2.47. The molecule has 3 unspecified atom stereocenters. The number of likely N-dealkylation sites (tertiary alicyclic amines) is 2. The molecule has 2 aliphatic heterocycles. The number of guanidine groups is 1. The summed E-state index contributed by atoms with van der Waals surface area (Å²) >= 11 is 0. The molecule has 0 aromatic carbocycles. The van der Waals surface area contributed by atoms with Crippen LogP contribution < -0.4 is 10.6 Å². The van der Waals surface area contributed by atoms with Crippen molar-refractivity contribution in [2.45, 2.75) is 57.7 Å². The molecule has 2 N–H and O–H groups in total. The maximum Gasteiger partial charge on any atom is 0.191 e. The molecule has 0 aromatic rings. The minimum absolute atomic E-state index is 0. The van der Waals surface area contributed by atoms with Crippen LogP contribution in [0.3, 0.4) is 0 Å². The van der Waals surface area contributed by atoms with Crippen LogP contribution in [0.5, 0.6) is 0 Å². The minimum atomic E-state index is 0. The third kappa shape index (κ3) is 5.19. The lowest BCUT2D eigenvalue weighted by Gasteiger charge is -2.22. The first-order valence-corrected chi connectivity index (χ1v) is 9.16. The van der Waals surface area contributed by atoms with E-state index in [1.165, 1.54) is 45.3 Å². The molecule has 2 saturated heterocycles. The fourth-order valence-corrected chi connectivity index (χ4v) is 3.83. The third-order valence-electron chi connectivity index (χ3n) is 5.50. The highest BCUT2D eigenvalue weighted by molar-refractivity contribution is 14.0. The van der Waals surface area contributed by atoms with Crippen molar-refractivity contribution >= 4 is 29.9 Å². The van der Waals surface area contributed by atoms with Gasteiger partial charge in [0.2, 0.25) is 0 Å². The first kappa shape index (κ1) is 19.2. The molecule has 0 amide bonds. The van der Waals surface area contributed by atoms with Gasteiger partial charge in [-0.3, -0.25) is 9.89 Å². The Bertz CT molecular complexity index is 398. The van der Waals surface area contributed by atoms with Crippen molar-refractivity contribution in [3.8, 4) is 0 Å². The normalized spacial score (nSPS) is 32.8. The van der Waals surface area contributed by atoms with Crippen LogP contribution in [0.4, 0.5) is 0 Å². The number of hydrogen-bond acceptors (Lipinski definition) is 3. The monoisotopic (exact) mass is 435 g/mol. The quantitative estimate of drug-likeness (QED) is 0.392. The van der Waals surface area contributed by atoms with E-state index >= 15 is 0 Å². The van der Waals surface area contributed by atoms with E-state index in [4.69, 9.17) is 4.99 Å². The van der Waals surface area contributed by atoms with Crippen molar-refractivity contribution in [1.82, 2.24) is 20.4 Å². The van der Waals surface area contributed by atoms with Crippen molar-refractivity contribution < 1.29 is 0 Å². The zero-order chi connectivity index (χ0) is 15.5. The second-order valence-electron chi connectivity index (χ2n) is 7.41. The van der Waals surface area contributed by atoms with Crippen LogP contribution in [-0.4, -0.2) is 73.7 Å². The molecule has 0 spiro atoms. The maximum absolute atomic E-state index is 4.86. The molecule has 3 aliphatic rings. The Hall–Kier alpha value is -0.0800. The van der Waals surface area contributed by atoms with Crippen molar-refractivity contribution in [3.05, 3.63) is 0 Å². The molecule has 3 atom stereocenters. The largest absolute Gasteiger partial charge is 0.357 e. The lowest BCUT2D eigenvalue weighted by atomic mass is 10.1. The number of nitrogens with one attached hydrogen (secondary N) is 2. The van der Waals surface area contributed by atoms with Gasteiger partial charge in [0.25, 0.3) is 0 Å². The Balaban J connectivity index is 0.00000192. The lowest BCUT2D eigenvalue weighted by molar-refractivity contribution is 0.314. The molecule has 1 saturated carbocycles. The Morgan fingerprint density at radius 1 is 1.22 bits per heavy atom. The van der Waals surface area contributed by atoms with E-state index in [0.29, 0.717) is 18.0 Å². The Morgan fingerprint density at radius 3 is 2.61 bits per heavy atom. The summed E-state index contributed by atoms with van der Waals surface area (Å²) in [6, 6.07) is 2.04. The molecule has 3 rings (SSSR count). The van der Waals surface area contributed by atoms with Gasteiger partial charge in [0.15, 0.2) is 5.96 Å². The number of halogens is 1. The van der Waals surface area contributed by atoms with Gasteiger partial charge in [-0.05, 0) is 52.1 Å². The number of hydrogen-bond donors (Lipinski definition) is 2. The van der Waals surface area contributed by atoms with E-state index in [0.717, 1.165) is 25.1 Å². The smallest absolute Gasteiger partial charge is 0.191 e. The molecule has 1 aliphatic carbocycles. The SMILES string of the molecule is CCNC(=NCC1CCCN1C)NC1CN(C2CC2)CC1C.I. The van der Waals surface area contributed by atoms with Crippen LogP contribution in [0.2, 0.25) is 0 Å². The number of rotatable bonds is 5. The average molecular weight is 435 g/mol. The van der Waals surface area contributed by atoms with Gasteiger partial charge in [-0.25, -0.2) is 0 Å². The second-order valence-corrected chi connectivity index (χ2v) is 7.41. The van der Waals surface area contributed by atoms with E-state index < -0.39 is 0 Å². The summed E-state index contributed by atoms with van der Waals surface area (Å²) < 4.78 is 0. The topological polar surface area (TPSA) is 42.9 Å². The zero-order valence-electron chi connectivity index (χ0n) is 14.9. The number of aliphatic imine (C=N–C) groups is 1. The van der Waals surface area contributed by atoms with Crippen LogP contribution in [0, 0.1) is 5.92 Å². The van der Waals surface area contributed by atoms with Gasteiger partial charge >= 0.3 is 0 Å². The summed E-state index contributed by atoms with van der Waals surface area (Å²) in [5, 5.41) is 7.13. The van der Waals surface area contributed by atoms with Gasteiger partial charge < -0.3 is 15.5 Å². The molecule has 134 valence electrons. The Labute approximate surface area is 158 Å². The van der Waals surface area contributed by atoms with E-state index in [1.54, 1.807) is 0 Å². The summed E-state index contributed by atoms with van der Waals surface area (Å²) in [6.45, 7) is 10.0. The molecule has 23 heavy (non-hydrogen) atoms. The van der Waals surface area contributed by atoms with Crippen molar-refractivity contribution in [2.75, 3.05) is 39.8 Å². The highest BCUT2D eigenvalue weighted by atomic mass is 127. The first-order valence-electron chi connectivity index (χ1n) is 9.16. The highest BCUT2D eigenvalue weighted by Crippen LogP contribution is 2.31. The van der Waals surface area contributed by atoms with Gasteiger partial charge in [-0.1, -0.05) is 6.92 Å². The fourth-order valence-electron chi connectivity index (χ4n) is 3.83. The summed E-state index contributed by atoms with van der Waals surface area (Å²) in [6.07, 6.45) is 5.41. The molecule has 0 radical (unpaired) electrons. The summed E-state index contributed by atoms with van der Waals surface area (Å²) in [5.74, 6) is 1.72. The third-order valence-corrected chi connectivity index (χ3v) is 5.50. The molecule has 6 heteroatoms. The van der Waals surface area contributed by atoms with Gasteiger partial charge in [0.05, 0.1) is 6.54 Å². The molecular formula is C17H34IN5. The van der Waals surface area contributed by atoms with Crippen LogP contribution in [0.25, 0.3) is 0 Å². The second kappa shape index (κ2) is 8.85. The number of nitrogens with zero attached hydrogens (tertiary/aromatic N) is 3. The van der Waals surface area contributed by atoms with Crippen LogP contribution in [0.15, 0.2) is 4.99 Å². The van der Waals surface area contributed by atoms with E-state index in [1.807, 2.05) is 0 Å². The minimum Gasteiger partial charge on any atom is -0.357 e. The zero-order valence-corrected chi connectivity index (χ0v) is 17.3. The molecule has 0 aromatic heterocycles. The van der Waals surface area contributed by atoms with Gasteiger partial charge in [0, 0.05) is 37.8 Å². The molecule has 2 heterocycles. The van der Waals surface area contributed by atoms with E-state index in [2.05, 4.69) is 41.3 Å². The molecule has 5 nitrogen and oxygen atoms in total. The van der Waals surface area contributed by atoms with E-state index in [9.17, 15) is 0 Å². The predicted octanol–water partition coefficient (Wildman–Crippen LogP) is 1.74. The Kier molecular flexibility index (Phi) is 7.41. The number of likely N-dealkylation sites (N-methyl/N-ethyl adjacent to an activating group) is 1.